The van der Waals surface area contributed by atoms with E-state index in [0.29, 0.717) is 5.02 Å². The van der Waals surface area contributed by atoms with E-state index in [1.54, 1.807) is 0 Å². The largest absolute Gasteiger partial charge is 0.494 e. The number of ether oxygens (including phenoxy) is 2. The van der Waals surface area contributed by atoms with E-state index in [-0.39, 0.29) is 5.60 Å². The zero-order valence-corrected chi connectivity index (χ0v) is 16.3. The molecule has 140 valence electrons. The summed E-state index contributed by atoms with van der Waals surface area (Å²) in [4.78, 5) is 2.53. The fourth-order valence-corrected chi connectivity index (χ4v) is 3.46. The lowest BCUT2D eigenvalue weighted by Gasteiger charge is -2.39. The first kappa shape index (κ1) is 19.1. The number of hydrogen-bond donors (Lipinski definition) is 0. The van der Waals surface area contributed by atoms with Gasteiger partial charge in [0, 0.05) is 13.1 Å². The van der Waals surface area contributed by atoms with Crippen molar-refractivity contribution in [3.63, 3.8) is 0 Å². The molecule has 1 aliphatic heterocycles. The number of para-hydroxylation sites is 2. The highest BCUT2D eigenvalue weighted by Gasteiger charge is 2.32. The third-order valence-corrected chi connectivity index (χ3v) is 5.30. The van der Waals surface area contributed by atoms with Crippen LogP contribution >= 0.6 is 11.6 Å². The summed E-state index contributed by atoms with van der Waals surface area (Å²) in [5, 5.41) is 0.689. The van der Waals surface area contributed by atoms with Crippen molar-refractivity contribution in [3.05, 3.63) is 59.6 Å². The van der Waals surface area contributed by atoms with Crippen LogP contribution in [0.2, 0.25) is 5.02 Å². The lowest BCUT2D eigenvalue weighted by Crippen LogP contribution is -2.46. The molecule has 0 bridgehead atoms. The molecule has 0 atom stereocenters. The van der Waals surface area contributed by atoms with Gasteiger partial charge in [0.1, 0.15) is 17.1 Å². The molecule has 3 nitrogen and oxygen atoms in total. The van der Waals surface area contributed by atoms with E-state index in [2.05, 4.69) is 11.8 Å². The number of unbranched alkanes of at least 4 members (excludes halogenated alkanes) is 1. The van der Waals surface area contributed by atoms with Gasteiger partial charge in [-0.15, -0.1) is 0 Å². The van der Waals surface area contributed by atoms with Crippen LogP contribution in [-0.4, -0.2) is 36.7 Å². The summed E-state index contributed by atoms with van der Waals surface area (Å²) < 4.78 is 12.0. The van der Waals surface area contributed by atoms with Gasteiger partial charge in [-0.05, 0) is 63.4 Å². The Morgan fingerprint density at radius 2 is 1.65 bits per heavy atom. The Kier molecular flexibility index (Phi) is 6.81. The summed E-state index contributed by atoms with van der Waals surface area (Å²) in [7, 11) is 0. The van der Waals surface area contributed by atoms with Crippen LogP contribution in [0.5, 0.6) is 11.5 Å². The average Bonchev–Trinajstić information content (AvgIpc) is 2.66. The van der Waals surface area contributed by atoms with Gasteiger partial charge in [-0.2, -0.15) is 0 Å². The predicted molar refractivity (Wildman–Crippen MR) is 107 cm³/mol. The Balaban J connectivity index is 1.34. The molecule has 0 aromatic heterocycles. The quantitative estimate of drug-likeness (QED) is 0.575. The number of nitrogens with zero attached hydrogens (tertiary/aromatic N) is 1. The van der Waals surface area contributed by atoms with Crippen molar-refractivity contribution in [2.24, 2.45) is 0 Å². The molecule has 0 unspecified atom stereocenters. The van der Waals surface area contributed by atoms with Gasteiger partial charge in [-0.25, -0.2) is 0 Å². The van der Waals surface area contributed by atoms with Gasteiger partial charge in [-0.3, -0.25) is 0 Å². The lowest BCUT2D eigenvalue weighted by molar-refractivity contribution is 0.0162. The minimum atomic E-state index is -0.127. The van der Waals surface area contributed by atoms with E-state index in [1.807, 2.05) is 54.6 Å². The number of rotatable bonds is 8. The number of likely N-dealkylation sites (tertiary alicyclic amines) is 1. The maximum atomic E-state index is 6.24. The first-order valence-electron chi connectivity index (χ1n) is 9.48. The Hall–Kier alpha value is -1.71. The van der Waals surface area contributed by atoms with Gasteiger partial charge in [0.15, 0.2) is 0 Å². The van der Waals surface area contributed by atoms with E-state index in [1.165, 1.54) is 0 Å². The van der Waals surface area contributed by atoms with E-state index in [0.717, 1.165) is 63.4 Å². The van der Waals surface area contributed by atoms with Crippen LogP contribution in [0.1, 0.15) is 32.6 Å². The zero-order chi connectivity index (χ0) is 18.2. The highest BCUT2D eigenvalue weighted by atomic mass is 35.5. The smallest absolute Gasteiger partial charge is 0.138 e. The van der Waals surface area contributed by atoms with Crippen molar-refractivity contribution in [1.82, 2.24) is 4.90 Å². The average molecular weight is 374 g/mol. The fourth-order valence-electron chi connectivity index (χ4n) is 3.29. The number of halogens is 1. The van der Waals surface area contributed by atoms with Crippen LogP contribution < -0.4 is 9.47 Å². The van der Waals surface area contributed by atoms with Gasteiger partial charge < -0.3 is 14.4 Å². The molecule has 0 spiro atoms. The van der Waals surface area contributed by atoms with Crippen molar-refractivity contribution in [1.29, 1.82) is 0 Å². The SMILES string of the molecule is CC1(Oc2ccccc2Cl)CCN(CCCCOc2ccccc2)CC1. The van der Waals surface area contributed by atoms with Crippen molar-refractivity contribution in [2.45, 2.75) is 38.2 Å². The monoisotopic (exact) mass is 373 g/mol. The summed E-state index contributed by atoms with van der Waals surface area (Å²) >= 11 is 6.23. The van der Waals surface area contributed by atoms with E-state index in [4.69, 9.17) is 21.1 Å². The molecule has 2 aromatic rings. The van der Waals surface area contributed by atoms with Crippen LogP contribution in [0.25, 0.3) is 0 Å². The minimum Gasteiger partial charge on any atom is -0.494 e. The van der Waals surface area contributed by atoms with Gasteiger partial charge >= 0.3 is 0 Å². The lowest BCUT2D eigenvalue weighted by atomic mass is 9.93. The van der Waals surface area contributed by atoms with Crippen molar-refractivity contribution in [2.75, 3.05) is 26.2 Å². The highest BCUT2D eigenvalue weighted by molar-refractivity contribution is 6.32. The fraction of sp³-hybridized carbons (Fsp3) is 0.455. The first-order chi connectivity index (χ1) is 12.6. The predicted octanol–water partition coefficient (Wildman–Crippen LogP) is 5.43. The van der Waals surface area contributed by atoms with Crippen LogP contribution in [0.3, 0.4) is 0 Å². The van der Waals surface area contributed by atoms with Crippen LogP contribution in [0.15, 0.2) is 54.6 Å². The summed E-state index contributed by atoms with van der Waals surface area (Å²) in [6.07, 6.45) is 4.30. The third kappa shape index (κ3) is 5.65. The second-order valence-electron chi connectivity index (χ2n) is 7.19. The molecule has 1 aliphatic rings. The van der Waals surface area contributed by atoms with Crippen molar-refractivity contribution >= 4 is 11.6 Å². The van der Waals surface area contributed by atoms with Crippen LogP contribution in [0, 0.1) is 0 Å². The van der Waals surface area contributed by atoms with Crippen LogP contribution in [0.4, 0.5) is 0 Å². The second-order valence-corrected chi connectivity index (χ2v) is 7.60. The molecular weight excluding hydrogens is 346 g/mol. The number of benzene rings is 2. The molecule has 0 saturated carbocycles. The third-order valence-electron chi connectivity index (χ3n) is 4.99. The molecule has 1 saturated heterocycles. The molecule has 0 N–H and O–H groups in total. The summed E-state index contributed by atoms with van der Waals surface area (Å²) in [5.41, 5.74) is -0.127. The van der Waals surface area contributed by atoms with Gasteiger partial charge in [0.2, 0.25) is 0 Å². The second kappa shape index (κ2) is 9.29. The van der Waals surface area contributed by atoms with Crippen molar-refractivity contribution in [3.8, 4) is 11.5 Å². The minimum absolute atomic E-state index is 0.127. The van der Waals surface area contributed by atoms with E-state index >= 15 is 0 Å². The Labute approximate surface area is 161 Å². The number of piperidine rings is 1. The standard InChI is InChI=1S/C22H28ClNO2/c1-22(26-21-12-6-5-11-20(21)23)13-16-24(17-14-22)15-7-8-18-25-19-9-3-2-4-10-19/h2-6,9-12H,7-8,13-18H2,1H3. The normalized spacial score (nSPS) is 17.0. The summed E-state index contributed by atoms with van der Waals surface area (Å²) in [6, 6.07) is 17.8. The van der Waals surface area contributed by atoms with E-state index in [9.17, 15) is 0 Å². The maximum Gasteiger partial charge on any atom is 0.138 e. The Morgan fingerprint density at radius 1 is 0.962 bits per heavy atom. The maximum absolute atomic E-state index is 6.24. The molecule has 4 heteroatoms. The molecule has 0 amide bonds. The Bertz CT molecular complexity index is 669. The molecular formula is C22H28ClNO2. The van der Waals surface area contributed by atoms with Gasteiger partial charge in [0.25, 0.3) is 0 Å². The zero-order valence-electron chi connectivity index (χ0n) is 15.5. The summed E-state index contributed by atoms with van der Waals surface area (Å²) in [5.74, 6) is 1.75. The highest BCUT2D eigenvalue weighted by Crippen LogP contribution is 2.32. The first-order valence-corrected chi connectivity index (χ1v) is 9.86. The van der Waals surface area contributed by atoms with Crippen LogP contribution in [-0.2, 0) is 0 Å². The van der Waals surface area contributed by atoms with Crippen molar-refractivity contribution < 1.29 is 9.47 Å². The molecule has 0 radical (unpaired) electrons. The van der Waals surface area contributed by atoms with Gasteiger partial charge in [-0.1, -0.05) is 41.9 Å². The molecule has 3 rings (SSSR count). The molecule has 1 fully saturated rings. The molecule has 1 heterocycles. The topological polar surface area (TPSA) is 21.7 Å². The van der Waals surface area contributed by atoms with Gasteiger partial charge in [0.05, 0.1) is 11.6 Å². The molecule has 0 aliphatic carbocycles. The molecule has 2 aromatic carbocycles. The summed E-state index contributed by atoms with van der Waals surface area (Å²) in [6.45, 7) is 6.24. The molecule has 26 heavy (non-hydrogen) atoms. The van der Waals surface area contributed by atoms with E-state index < -0.39 is 0 Å². The Morgan fingerprint density at radius 3 is 2.38 bits per heavy atom. The number of hydrogen-bond acceptors (Lipinski definition) is 3.